The number of benzene rings is 2. The van der Waals surface area contributed by atoms with Gasteiger partial charge in [-0.1, -0.05) is 55.5 Å². The molecule has 0 amide bonds. The van der Waals surface area contributed by atoms with Gasteiger partial charge in [0.1, 0.15) is 0 Å². The molecule has 0 aliphatic carbocycles. The Labute approximate surface area is 145 Å². The largest absolute Gasteiger partial charge is 0.302 e. The van der Waals surface area contributed by atoms with E-state index in [1.165, 1.54) is 0 Å². The van der Waals surface area contributed by atoms with Gasteiger partial charge >= 0.3 is 0 Å². The molecule has 0 aliphatic heterocycles. The topological polar surface area (TPSA) is 49.4 Å². The van der Waals surface area contributed by atoms with Gasteiger partial charge < -0.3 is 4.90 Å². The molecular formula is C19H26N2O2S. The monoisotopic (exact) mass is 346 g/mol. The first kappa shape index (κ1) is 18.6. The van der Waals surface area contributed by atoms with E-state index in [0.717, 1.165) is 17.5 Å². The van der Waals surface area contributed by atoms with Gasteiger partial charge in [0.05, 0.1) is 4.90 Å². The molecule has 2 aromatic rings. The molecule has 0 radical (unpaired) electrons. The van der Waals surface area contributed by atoms with Gasteiger partial charge in [-0.15, -0.1) is 0 Å². The fraction of sp³-hybridized carbons (Fsp3) is 0.368. The Hall–Kier alpha value is -1.69. The lowest BCUT2D eigenvalue weighted by Crippen LogP contribution is -2.37. The maximum absolute atomic E-state index is 12.7. The smallest absolute Gasteiger partial charge is 0.241 e. The van der Waals surface area contributed by atoms with Crippen LogP contribution in [0.25, 0.3) is 11.1 Å². The van der Waals surface area contributed by atoms with Crippen molar-refractivity contribution < 1.29 is 8.42 Å². The molecule has 1 atom stereocenters. The molecule has 0 saturated carbocycles. The van der Waals surface area contributed by atoms with Gasteiger partial charge in [-0.05, 0) is 32.0 Å². The molecule has 130 valence electrons. The molecule has 0 saturated heterocycles. The minimum Gasteiger partial charge on any atom is -0.302 e. The minimum atomic E-state index is -3.54. The second-order valence-electron chi connectivity index (χ2n) is 6.00. The molecule has 24 heavy (non-hydrogen) atoms. The van der Waals surface area contributed by atoms with Crippen LogP contribution in [0.4, 0.5) is 0 Å². The predicted octanol–water partition coefficient (Wildman–Crippen LogP) is 3.36. The third-order valence-electron chi connectivity index (χ3n) is 4.36. The summed E-state index contributed by atoms with van der Waals surface area (Å²) in [5.41, 5.74) is 1.62. The third kappa shape index (κ3) is 4.66. The number of hydrogen-bond acceptors (Lipinski definition) is 3. The van der Waals surface area contributed by atoms with Gasteiger partial charge in [-0.3, -0.25) is 0 Å². The van der Waals surface area contributed by atoms with E-state index >= 15 is 0 Å². The number of rotatable bonds is 8. The summed E-state index contributed by atoms with van der Waals surface area (Å²) < 4.78 is 28.2. The zero-order chi connectivity index (χ0) is 17.6. The van der Waals surface area contributed by atoms with Crippen molar-refractivity contribution in [2.45, 2.75) is 31.2 Å². The fourth-order valence-corrected chi connectivity index (χ4v) is 3.77. The SMILES string of the molecule is CCC(C)N(C)CCNS(=O)(=O)c1ccccc1-c1ccccc1. The highest BCUT2D eigenvalue weighted by Crippen LogP contribution is 2.26. The Bertz CT molecular complexity index is 745. The van der Waals surface area contributed by atoms with Crippen LogP contribution in [0.3, 0.4) is 0 Å². The van der Waals surface area contributed by atoms with Crippen molar-refractivity contribution in [3.8, 4) is 11.1 Å². The van der Waals surface area contributed by atoms with Gasteiger partial charge in [0.25, 0.3) is 0 Å². The fourth-order valence-electron chi connectivity index (χ4n) is 2.52. The van der Waals surface area contributed by atoms with Gasteiger partial charge in [0, 0.05) is 24.7 Å². The van der Waals surface area contributed by atoms with Crippen molar-refractivity contribution in [1.82, 2.24) is 9.62 Å². The van der Waals surface area contributed by atoms with E-state index in [1.54, 1.807) is 12.1 Å². The van der Waals surface area contributed by atoms with Crippen molar-refractivity contribution in [3.05, 3.63) is 54.6 Å². The summed E-state index contributed by atoms with van der Waals surface area (Å²) in [4.78, 5) is 2.48. The summed E-state index contributed by atoms with van der Waals surface area (Å²) >= 11 is 0. The van der Waals surface area contributed by atoms with Crippen LogP contribution in [-0.2, 0) is 10.0 Å². The maximum atomic E-state index is 12.7. The number of sulfonamides is 1. The molecule has 1 N–H and O–H groups in total. The van der Waals surface area contributed by atoms with Crippen LogP contribution in [0.2, 0.25) is 0 Å². The number of likely N-dealkylation sites (N-methyl/N-ethyl adjacent to an activating group) is 1. The lowest BCUT2D eigenvalue weighted by molar-refractivity contribution is 0.256. The highest BCUT2D eigenvalue weighted by molar-refractivity contribution is 7.89. The molecule has 2 rings (SSSR count). The maximum Gasteiger partial charge on any atom is 0.241 e. The van der Waals surface area contributed by atoms with Crippen molar-refractivity contribution in [2.24, 2.45) is 0 Å². The lowest BCUT2D eigenvalue weighted by atomic mass is 10.1. The van der Waals surface area contributed by atoms with E-state index in [4.69, 9.17) is 0 Å². The van der Waals surface area contributed by atoms with Gasteiger partial charge in [-0.25, -0.2) is 13.1 Å². The Balaban J connectivity index is 2.16. The van der Waals surface area contributed by atoms with Crippen molar-refractivity contribution >= 4 is 10.0 Å². The van der Waals surface area contributed by atoms with Crippen LogP contribution in [0.15, 0.2) is 59.5 Å². The molecule has 0 spiro atoms. The quantitative estimate of drug-likeness (QED) is 0.797. The highest BCUT2D eigenvalue weighted by Gasteiger charge is 2.19. The molecule has 0 aromatic heterocycles. The van der Waals surface area contributed by atoms with Crippen LogP contribution in [0.5, 0.6) is 0 Å². The molecule has 1 unspecified atom stereocenters. The number of nitrogens with one attached hydrogen (secondary N) is 1. The summed E-state index contributed by atoms with van der Waals surface area (Å²) in [7, 11) is -1.53. The minimum absolute atomic E-state index is 0.322. The molecule has 0 heterocycles. The first-order chi connectivity index (χ1) is 11.5. The average Bonchev–Trinajstić information content (AvgIpc) is 2.61. The van der Waals surface area contributed by atoms with E-state index in [1.807, 2.05) is 49.5 Å². The predicted molar refractivity (Wildman–Crippen MR) is 99.4 cm³/mol. The standard InChI is InChI=1S/C19H26N2O2S/c1-4-16(2)21(3)15-14-20-24(22,23)19-13-9-8-12-18(19)17-10-6-5-7-11-17/h5-13,16,20H,4,14-15H2,1-3H3. The normalized spacial score (nSPS) is 13.2. The number of hydrogen-bond donors (Lipinski definition) is 1. The average molecular weight is 346 g/mol. The Morgan fingerprint density at radius 1 is 1.04 bits per heavy atom. The third-order valence-corrected chi connectivity index (χ3v) is 5.88. The Kier molecular flexibility index (Phi) is 6.54. The van der Waals surface area contributed by atoms with Crippen molar-refractivity contribution in [2.75, 3.05) is 20.1 Å². The van der Waals surface area contributed by atoms with E-state index < -0.39 is 10.0 Å². The molecule has 4 nitrogen and oxygen atoms in total. The molecular weight excluding hydrogens is 320 g/mol. The molecule has 2 aromatic carbocycles. The van der Waals surface area contributed by atoms with Crippen molar-refractivity contribution in [3.63, 3.8) is 0 Å². The summed E-state index contributed by atoms with van der Waals surface area (Å²) in [6, 6.07) is 17.1. The van der Waals surface area contributed by atoms with Crippen LogP contribution in [0.1, 0.15) is 20.3 Å². The lowest BCUT2D eigenvalue weighted by Gasteiger charge is -2.23. The first-order valence-corrected chi connectivity index (χ1v) is 9.78. The van der Waals surface area contributed by atoms with Crippen LogP contribution >= 0.6 is 0 Å². The number of nitrogens with zero attached hydrogens (tertiary/aromatic N) is 1. The summed E-state index contributed by atoms with van der Waals surface area (Å²) in [6.45, 7) is 5.34. The van der Waals surface area contributed by atoms with E-state index in [-0.39, 0.29) is 0 Å². The highest BCUT2D eigenvalue weighted by atomic mass is 32.2. The van der Waals surface area contributed by atoms with Gasteiger partial charge in [0.15, 0.2) is 0 Å². The first-order valence-electron chi connectivity index (χ1n) is 8.30. The summed E-state index contributed by atoms with van der Waals surface area (Å²) in [6.07, 6.45) is 1.04. The second kappa shape index (κ2) is 8.42. The van der Waals surface area contributed by atoms with Crippen LogP contribution < -0.4 is 4.72 Å². The zero-order valence-corrected chi connectivity index (χ0v) is 15.4. The molecule has 5 heteroatoms. The Morgan fingerprint density at radius 3 is 2.33 bits per heavy atom. The molecule has 0 fully saturated rings. The van der Waals surface area contributed by atoms with E-state index in [9.17, 15) is 8.42 Å². The molecule has 0 aliphatic rings. The van der Waals surface area contributed by atoms with Crippen molar-refractivity contribution in [1.29, 1.82) is 0 Å². The van der Waals surface area contributed by atoms with Gasteiger partial charge in [-0.2, -0.15) is 0 Å². The molecule has 0 bridgehead atoms. The summed E-state index contributed by atoms with van der Waals surface area (Å²) in [5.74, 6) is 0. The van der Waals surface area contributed by atoms with Gasteiger partial charge in [0.2, 0.25) is 10.0 Å². The second-order valence-corrected chi connectivity index (χ2v) is 7.73. The Morgan fingerprint density at radius 2 is 1.67 bits per heavy atom. The van der Waals surface area contributed by atoms with Crippen LogP contribution in [0, 0.1) is 0 Å². The zero-order valence-electron chi connectivity index (χ0n) is 14.6. The summed E-state index contributed by atoms with van der Waals surface area (Å²) in [5, 5.41) is 0. The van der Waals surface area contributed by atoms with E-state index in [0.29, 0.717) is 24.0 Å². The van der Waals surface area contributed by atoms with Crippen LogP contribution in [-0.4, -0.2) is 39.5 Å². The van der Waals surface area contributed by atoms with E-state index in [2.05, 4.69) is 23.5 Å².